The summed E-state index contributed by atoms with van der Waals surface area (Å²) in [6, 6.07) is 3.60. The third kappa shape index (κ3) is 4.56. The lowest BCUT2D eigenvalue weighted by molar-refractivity contribution is 0.278. The molecule has 0 amide bonds. The predicted octanol–water partition coefficient (Wildman–Crippen LogP) is 3.54. The van der Waals surface area contributed by atoms with Crippen LogP contribution in [-0.4, -0.2) is 34.6 Å². The summed E-state index contributed by atoms with van der Waals surface area (Å²) < 4.78 is 0.892. The molecule has 0 fully saturated rings. The van der Waals surface area contributed by atoms with Crippen molar-refractivity contribution in [1.82, 2.24) is 9.88 Å². The van der Waals surface area contributed by atoms with Crippen molar-refractivity contribution in [3.05, 3.63) is 27.4 Å². The van der Waals surface area contributed by atoms with Crippen molar-refractivity contribution < 1.29 is 5.11 Å². The van der Waals surface area contributed by atoms with Crippen molar-refractivity contribution in [2.45, 2.75) is 33.1 Å². The van der Waals surface area contributed by atoms with E-state index in [1.54, 1.807) is 6.07 Å². The predicted molar refractivity (Wildman–Crippen MR) is 95.2 cm³/mol. The van der Waals surface area contributed by atoms with Gasteiger partial charge in [0.1, 0.15) is 11.3 Å². The molecular weight excluding hydrogens is 352 g/mol. The number of H-pyrrole nitrogens is 1. The van der Waals surface area contributed by atoms with Crippen LogP contribution in [-0.2, 0) is 6.42 Å². The van der Waals surface area contributed by atoms with Crippen LogP contribution in [0.15, 0.2) is 16.9 Å². The second-order valence-corrected chi connectivity index (χ2v) is 6.04. The van der Waals surface area contributed by atoms with E-state index < -0.39 is 0 Å². The fraction of sp³-hybridized carbons (Fsp3) is 0.533. The molecule has 0 unspecified atom stereocenters. The summed E-state index contributed by atoms with van der Waals surface area (Å²) in [4.78, 5) is 16.5. The van der Waals surface area contributed by atoms with Crippen molar-refractivity contribution in [1.29, 1.82) is 0 Å². The first-order valence-corrected chi connectivity index (χ1v) is 8.03. The van der Waals surface area contributed by atoms with Crippen molar-refractivity contribution >= 4 is 38.5 Å². The number of halogens is 1. The fourth-order valence-electron chi connectivity index (χ4n) is 2.52. The molecule has 0 spiro atoms. The molecule has 0 saturated carbocycles. The molecule has 0 aliphatic rings. The third-order valence-corrected chi connectivity index (χ3v) is 4.37. The van der Waals surface area contributed by atoms with Gasteiger partial charge in [-0.1, -0.05) is 31.3 Å². The Balaban J connectivity index is 0.00000220. The molecule has 1 aromatic carbocycles. The Kier molecular flexibility index (Phi) is 7.42. The van der Waals surface area contributed by atoms with E-state index in [1.165, 1.54) is 11.3 Å². The first-order valence-electron chi connectivity index (χ1n) is 7.21. The highest BCUT2D eigenvalue weighted by atomic mass is 79.9. The highest BCUT2D eigenvalue weighted by Gasteiger charge is 2.11. The lowest BCUT2D eigenvalue weighted by Gasteiger charge is -2.20. The highest BCUT2D eigenvalue weighted by molar-refractivity contribution is 8.93. The first kappa shape index (κ1) is 18.2. The molecule has 2 N–H and O–H groups in total. The number of aromatic hydroxyl groups is 1. The number of thiazole rings is 1. The van der Waals surface area contributed by atoms with Crippen LogP contribution in [0.5, 0.6) is 5.75 Å². The van der Waals surface area contributed by atoms with E-state index in [2.05, 4.69) is 23.7 Å². The molecule has 1 aromatic heterocycles. The molecule has 0 bridgehead atoms. The van der Waals surface area contributed by atoms with Gasteiger partial charge in [-0.3, -0.25) is 4.79 Å². The number of phenolic OH excluding ortho intramolecular Hbond substituents is 1. The number of nitrogens with one attached hydrogen (secondary N) is 1. The zero-order chi connectivity index (χ0) is 14.5. The number of benzene rings is 1. The van der Waals surface area contributed by atoms with E-state index in [0.717, 1.165) is 49.2 Å². The van der Waals surface area contributed by atoms with E-state index in [4.69, 9.17) is 0 Å². The van der Waals surface area contributed by atoms with Crippen molar-refractivity contribution in [2.24, 2.45) is 0 Å². The SMILES string of the molecule is Br.CCCN(CCC)CCc1ccc(O)c2[nH]c(=O)sc12. The van der Waals surface area contributed by atoms with Gasteiger partial charge in [0.05, 0.1) is 4.70 Å². The normalized spacial score (nSPS) is 11.0. The molecule has 6 heteroatoms. The van der Waals surface area contributed by atoms with Crippen molar-refractivity contribution in [3.8, 4) is 5.75 Å². The molecule has 2 aromatic rings. The maximum Gasteiger partial charge on any atom is 0.305 e. The Morgan fingerprint density at radius 2 is 1.86 bits per heavy atom. The summed E-state index contributed by atoms with van der Waals surface area (Å²) in [6.45, 7) is 7.60. The minimum Gasteiger partial charge on any atom is -0.506 e. The second-order valence-electron chi connectivity index (χ2n) is 5.05. The van der Waals surface area contributed by atoms with E-state index in [0.29, 0.717) is 5.52 Å². The van der Waals surface area contributed by atoms with E-state index in [1.807, 2.05) is 6.07 Å². The molecule has 0 radical (unpaired) electrons. The van der Waals surface area contributed by atoms with Gasteiger partial charge in [-0.05, 0) is 44.0 Å². The standard InChI is InChI=1S/C15H22N2O2S.BrH/c1-3-8-17(9-4-2)10-7-11-5-6-12(18)13-14(11)20-15(19)16-13;/h5-6,18H,3-4,7-10H2,1-2H3,(H,16,19);1H. The number of phenols is 1. The summed E-state index contributed by atoms with van der Waals surface area (Å²) in [6.07, 6.45) is 3.22. The molecule has 0 atom stereocenters. The smallest absolute Gasteiger partial charge is 0.305 e. The summed E-state index contributed by atoms with van der Waals surface area (Å²) in [5.41, 5.74) is 1.72. The number of nitrogens with zero attached hydrogens (tertiary/aromatic N) is 1. The quantitative estimate of drug-likeness (QED) is 0.778. The van der Waals surface area contributed by atoms with Gasteiger partial charge in [0.25, 0.3) is 0 Å². The number of fused-ring (bicyclic) bond motifs is 1. The van der Waals surface area contributed by atoms with Gasteiger partial charge in [-0.15, -0.1) is 17.0 Å². The Morgan fingerprint density at radius 3 is 2.48 bits per heavy atom. The largest absolute Gasteiger partial charge is 0.506 e. The van der Waals surface area contributed by atoms with Crippen LogP contribution >= 0.6 is 28.3 Å². The van der Waals surface area contributed by atoms with Crippen LogP contribution in [0.3, 0.4) is 0 Å². The molecule has 0 saturated heterocycles. The Hall–Kier alpha value is -0.850. The summed E-state index contributed by atoms with van der Waals surface area (Å²) in [5, 5.41) is 9.78. The summed E-state index contributed by atoms with van der Waals surface area (Å²) >= 11 is 1.18. The number of hydrogen-bond acceptors (Lipinski definition) is 4. The van der Waals surface area contributed by atoms with Crippen LogP contribution in [0.1, 0.15) is 32.3 Å². The monoisotopic (exact) mass is 374 g/mol. The molecular formula is C15H23BrN2O2S. The minimum absolute atomic E-state index is 0. The summed E-state index contributed by atoms with van der Waals surface area (Å²) in [7, 11) is 0. The Bertz CT molecular complexity index is 618. The minimum atomic E-state index is -0.110. The summed E-state index contributed by atoms with van der Waals surface area (Å²) in [5.74, 6) is 0.154. The van der Waals surface area contributed by atoms with Crippen molar-refractivity contribution in [2.75, 3.05) is 19.6 Å². The van der Waals surface area contributed by atoms with Gasteiger partial charge in [0.15, 0.2) is 0 Å². The number of hydrogen-bond donors (Lipinski definition) is 2. The molecule has 21 heavy (non-hydrogen) atoms. The van der Waals surface area contributed by atoms with E-state index in [9.17, 15) is 9.90 Å². The molecule has 4 nitrogen and oxygen atoms in total. The van der Waals surface area contributed by atoms with Gasteiger partial charge >= 0.3 is 4.87 Å². The van der Waals surface area contributed by atoms with Crippen LogP contribution in [0.25, 0.3) is 10.2 Å². The van der Waals surface area contributed by atoms with E-state index in [-0.39, 0.29) is 27.6 Å². The number of aromatic amines is 1. The van der Waals surface area contributed by atoms with Crippen LogP contribution < -0.4 is 4.87 Å². The molecule has 0 aliphatic carbocycles. The molecule has 1 heterocycles. The van der Waals surface area contributed by atoms with E-state index >= 15 is 0 Å². The van der Waals surface area contributed by atoms with Crippen molar-refractivity contribution in [3.63, 3.8) is 0 Å². The maximum atomic E-state index is 11.5. The highest BCUT2D eigenvalue weighted by Crippen LogP contribution is 2.28. The van der Waals surface area contributed by atoms with Gasteiger partial charge < -0.3 is 15.0 Å². The Labute approximate surface area is 139 Å². The van der Waals surface area contributed by atoms with Gasteiger partial charge in [-0.25, -0.2) is 0 Å². The molecule has 118 valence electrons. The average Bonchev–Trinajstić information content (AvgIpc) is 2.81. The topological polar surface area (TPSA) is 56.3 Å². The lowest BCUT2D eigenvalue weighted by atomic mass is 10.1. The van der Waals surface area contributed by atoms with Gasteiger partial charge in [0, 0.05) is 6.54 Å². The molecule has 2 rings (SSSR count). The van der Waals surface area contributed by atoms with Gasteiger partial charge in [0.2, 0.25) is 0 Å². The zero-order valence-corrected chi connectivity index (χ0v) is 15.0. The lowest BCUT2D eigenvalue weighted by Crippen LogP contribution is -2.27. The Morgan fingerprint density at radius 1 is 1.19 bits per heavy atom. The zero-order valence-electron chi connectivity index (χ0n) is 12.5. The van der Waals surface area contributed by atoms with Crippen LogP contribution in [0.4, 0.5) is 0 Å². The second kappa shape index (κ2) is 8.56. The number of rotatable bonds is 7. The van der Waals surface area contributed by atoms with Crippen LogP contribution in [0.2, 0.25) is 0 Å². The maximum absolute atomic E-state index is 11.5. The van der Waals surface area contributed by atoms with Crippen LogP contribution in [0, 0.1) is 0 Å². The third-order valence-electron chi connectivity index (χ3n) is 3.42. The fourth-order valence-corrected chi connectivity index (χ4v) is 3.41. The molecule has 0 aliphatic heterocycles. The average molecular weight is 375 g/mol. The first-order chi connectivity index (χ1) is 9.65. The van der Waals surface area contributed by atoms with Gasteiger partial charge in [-0.2, -0.15) is 0 Å². The number of aromatic nitrogens is 1.